The SMILES string of the molecule is COC(=O)c1ncc(I)cc1N. The number of halogens is 1. The standard InChI is InChI=1S/C7H7IN2O2/c1-12-7(11)6-5(9)2-4(8)3-10-6/h2-3H,9H2,1H3. The summed E-state index contributed by atoms with van der Waals surface area (Å²) in [5, 5.41) is 0. The van der Waals surface area contributed by atoms with Gasteiger partial charge in [-0.05, 0) is 28.7 Å². The minimum absolute atomic E-state index is 0.165. The average Bonchev–Trinajstić information content (AvgIpc) is 2.03. The van der Waals surface area contributed by atoms with Gasteiger partial charge in [-0.1, -0.05) is 0 Å². The van der Waals surface area contributed by atoms with Gasteiger partial charge >= 0.3 is 5.97 Å². The molecule has 1 heterocycles. The number of aromatic nitrogens is 1. The summed E-state index contributed by atoms with van der Waals surface area (Å²) in [7, 11) is 1.29. The summed E-state index contributed by atoms with van der Waals surface area (Å²) in [4.78, 5) is 14.8. The van der Waals surface area contributed by atoms with Crippen LogP contribution in [0.1, 0.15) is 10.5 Å². The summed E-state index contributed by atoms with van der Waals surface area (Å²) < 4.78 is 5.36. The summed E-state index contributed by atoms with van der Waals surface area (Å²) in [5.41, 5.74) is 6.04. The maximum absolute atomic E-state index is 11.0. The van der Waals surface area contributed by atoms with Crippen LogP contribution in [0.5, 0.6) is 0 Å². The van der Waals surface area contributed by atoms with Crippen molar-refractivity contribution in [2.45, 2.75) is 0 Å². The number of nitrogen functional groups attached to an aromatic ring is 1. The normalized spacial score (nSPS) is 9.50. The van der Waals surface area contributed by atoms with Gasteiger partial charge in [-0.3, -0.25) is 0 Å². The molecule has 0 amide bonds. The van der Waals surface area contributed by atoms with E-state index in [4.69, 9.17) is 5.73 Å². The largest absolute Gasteiger partial charge is 0.464 e. The Morgan fingerprint density at radius 1 is 1.75 bits per heavy atom. The molecule has 0 saturated heterocycles. The average molecular weight is 278 g/mol. The second-order valence-electron chi connectivity index (χ2n) is 2.08. The van der Waals surface area contributed by atoms with Crippen molar-refractivity contribution in [1.29, 1.82) is 0 Å². The Kier molecular flexibility index (Phi) is 2.85. The maximum Gasteiger partial charge on any atom is 0.358 e. The Balaban J connectivity index is 3.09. The number of hydrogen-bond acceptors (Lipinski definition) is 4. The lowest BCUT2D eigenvalue weighted by atomic mass is 10.3. The zero-order chi connectivity index (χ0) is 9.14. The lowest BCUT2D eigenvalue weighted by molar-refractivity contribution is 0.0595. The van der Waals surface area contributed by atoms with Crippen molar-refractivity contribution in [3.63, 3.8) is 0 Å². The van der Waals surface area contributed by atoms with Crippen LogP contribution < -0.4 is 5.73 Å². The molecule has 0 radical (unpaired) electrons. The van der Waals surface area contributed by atoms with E-state index >= 15 is 0 Å². The molecule has 1 aromatic rings. The number of hydrogen-bond donors (Lipinski definition) is 1. The van der Waals surface area contributed by atoms with Gasteiger partial charge in [0.2, 0.25) is 0 Å². The molecule has 1 aromatic heterocycles. The van der Waals surface area contributed by atoms with E-state index in [-0.39, 0.29) is 5.69 Å². The highest BCUT2D eigenvalue weighted by Crippen LogP contribution is 2.13. The highest BCUT2D eigenvalue weighted by molar-refractivity contribution is 14.1. The van der Waals surface area contributed by atoms with E-state index in [1.807, 2.05) is 0 Å². The first-order chi connectivity index (χ1) is 5.65. The van der Waals surface area contributed by atoms with E-state index in [9.17, 15) is 4.79 Å². The number of carbonyl (C=O) groups excluding carboxylic acids is 1. The molecule has 0 saturated carbocycles. The van der Waals surface area contributed by atoms with Gasteiger partial charge in [0.1, 0.15) is 0 Å². The fourth-order valence-electron chi connectivity index (χ4n) is 0.722. The second kappa shape index (κ2) is 3.70. The first-order valence-corrected chi connectivity index (χ1v) is 4.22. The number of carbonyl (C=O) groups is 1. The van der Waals surface area contributed by atoms with Crippen LogP contribution in [0.4, 0.5) is 5.69 Å². The molecule has 12 heavy (non-hydrogen) atoms. The van der Waals surface area contributed by atoms with Crippen molar-refractivity contribution in [3.05, 3.63) is 21.5 Å². The third-order valence-electron chi connectivity index (χ3n) is 1.26. The zero-order valence-corrected chi connectivity index (χ0v) is 8.53. The molecule has 0 spiro atoms. The van der Waals surface area contributed by atoms with E-state index in [2.05, 4.69) is 32.3 Å². The Bertz CT molecular complexity index is 314. The van der Waals surface area contributed by atoms with Crippen LogP contribution in [-0.2, 0) is 4.74 Å². The van der Waals surface area contributed by atoms with Gasteiger partial charge in [-0.15, -0.1) is 0 Å². The number of rotatable bonds is 1. The van der Waals surface area contributed by atoms with Crippen LogP contribution in [-0.4, -0.2) is 18.1 Å². The third kappa shape index (κ3) is 1.84. The highest BCUT2D eigenvalue weighted by Gasteiger charge is 2.10. The molecule has 1 rings (SSSR count). The molecular weight excluding hydrogens is 271 g/mol. The molecule has 0 atom stereocenters. The van der Waals surface area contributed by atoms with Crippen molar-refractivity contribution in [1.82, 2.24) is 4.98 Å². The number of esters is 1. The molecule has 0 aliphatic carbocycles. The molecule has 0 bridgehead atoms. The van der Waals surface area contributed by atoms with Gasteiger partial charge in [0, 0.05) is 9.77 Å². The van der Waals surface area contributed by atoms with Gasteiger partial charge in [0.15, 0.2) is 5.69 Å². The predicted octanol–water partition coefficient (Wildman–Crippen LogP) is 1.06. The summed E-state index contributed by atoms with van der Waals surface area (Å²) in [6.45, 7) is 0. The Morgan fingerprint density at radius 3 is 2.92 bits per heavy atom. The lowest BCUT2D eigenvalue weighted by Crippen LogP contribution is -2.08. The van der Waals surface area contributed by atoms with E-state index in [1.165, 1.54) is 7.11 Å². The number of nitrogens with zero attached hydrogens (tertiary/aromatic N) is 1. The molecule has 0 fully saturated rings. The number of ether oxygens (including phenoxy) is 1. The number of pyridine rings is 1. The summed E-state index contributed by atoms with van der Waals surface area (Å²) in [6, 6.07) is 1.67. The lowest BCUT2D eigenvalue weighted by Gasteiger charge is -2.01. The van der Waals surface area contributed by atoms with Crippen LogP contribution in [0, 0.1) is 3.57 Å². The maximum atomic E-state index is 11.0. The first-order valence-electron chi connectivity index (χ1n) is 3.14. The number of anilines is 1. The van der Waals surface area contributed by atoms with Crippen LogP contribution in [0.25, 0.3) is 0 Å². The van der Waals surface area contributed by atoms with Crippen LogP contribution in [0.2, 0.25) is 0 Å². The molecule has 5 heteroatoms. The molecule has 2 N–H and O–H groups in total. The van der Waals surface area contributed by atoms with Crippen molar-refractivity contribution < 1.29 is 9.53 Å². The summed E-state index contributed by atoms with van der Waals surface area (Å²) in [5.74, 6) is -0.510. The molecule has 0 aliphatic heterocycles. The molecule has 64 valence electrons. The van der Waals surface area contributed by atoms with Crippen LogP contribution in [0.3, 0.4) is 0 Å². The molecular formula is C7H7IN2O2. The number of methoxy groups -OCH3 is 1. The Labute approximate surface area is 83.3 Å². The fourth-order valence-corrected chi connectivity index (χ4v) is 1.20. The topological polar surface area (TPSA) is 65.2 Å². The van der Waals surface area contributed by atoms with Crippen molar-refractivity contribution >= 4 is 34.2 Å². The number of nitrogens with two attached hydrogens (primary N) is 1. The predicted molar refractivity (Wildman–Crippen MR) is 52.7 cm³/mol. The minimum atomic E-state index is -0.510. The Hall–Kier alpha value is -0.850. The summed E-state index contributed by atoms with van der Waals surface area (Å²) in [6.07, 6.45) is 1.56. The van der Waals surface area contributed by atoms with E-state index < -0.39 is 5.97 Å². The van der Waals surface area contributed by atoms with Gasteiger partial charge in [0.25, 0.3) is 0 Å². The fraction of sp³-hybridized carbons (Fsp3) is 0.143. The van der Waals surface area contributed by atoms with Crippen molar-refractivity contribution in [3.8, 4) is 0 Å². The Morgan fingerprint density at radius 2 is 2.42 bits per heavy atom. The van der Waals surface area contributed by atoms with Crippen molar-refractivity contribution in [2.75, 3.05) is 12.8 Å². The van der Waals surface area contributed by atoms with Crippen LogP contribution >= 0.6 is 22.6 Å². The van der Waals surface area contributed by atoms with E-state index in [0.29, 0.717) is 5.69 Å². The van der Waals surface area contributed by atoms with Gasteiger partial charge < -0.3 is 10.5 Å². The minimum Gasteiger partial charge on any atom is -0.464 e. The summed E-state index contributed by atoms with van der Waals surface area (Å²) >= 11 is 2.06. The smallest absolute Gasteiger partial charge is 0.358 e. The third-order valence-corrected chi connectivity index (χ3v) is 1.85. The first kappa shape index (κ1) is 9.24. The second-order valence-corrected chi connectivity index (χ2v) is 3.33. The highest BCUT2D eigenvalue weighted by atomic mass is 127. The van der Waals surface area contributed by atoms with Gasteiger partial charge in [-0.25, -0.2) is 9.78 Å². The molecule has 0 unspecified atom stereocenters. The van der Waals surface area contributed by atoms with Crippen LogP contribution in [0.15, 0.2) is 12.3 Å². The zero-order valence-electron chi connectivity index (χ0n) is 6.37. The van der Waals surface area contributed by atoms with Crippen molar-refractivity contribution in [2.24, 2.45) is 0 Å². The van der Waals surface area contributed by atoms with Gasteiger partial charge in [0.05, 0.1) is 12.8 Å². The van der Waals surface area contributed by atoms with Gasteiger partial charge in [-0.2, -0.15) is 0 Å². The monoisotopic (exact) mass is 278 g/mol. The quantitative estimate of drug-likeness (QED) is 0.616. The van der Waals surface area contributed by atoms with E-state index in [0.717, 1.165) is 3.57 Å². The molecule has 0 aromatic carbocycles. The van der Waals surface area contributed by atoms with E-state index in [1.54, 1.807) is 12.3 Å². The molecule has 0 aliphatic rings. The molecule has 4 nitrogen and oxygen atoms in total.